The smallest absolute Gasteiger partial charge is 0.258 e. The van der Waals surface area contributed by atoms with Crippen LogP contribution in [0.25, 0.3) is 0 Å². The molecule has 2 aromatic rings. The van der Waals surface area contributed by atoms with Crippen LogP contribution in [-0.2, 0) is 6.42 Å². The number of fused-ring (bicyclic) bond motifs is 1. The molecule has 0 saturated heterocycles. The molecule has 2 N–H and O–H groups in total. The number of hydrogen-bond donors (Lipinski definition) is 1. The molecule has 3 heteroatoms. The summed E-state index contributed by atoms with van der Waals surface area (Å²) in [5, 5.41) is 0. The summed E-state index contributed by atoms with van der Waals surface area (Å²) in [5.41, 5.74) is 11.7. The van der Waals surface area contributed by atoms with E-state index in [1.165, 1.54) is 5.56 Å². The Labute approximate surface area is 125 Å². The Morgan fingerprint density at radius 2 is 1.95 bits per heavy atom. The van der Waals surface area contributed by atoms with Crippen LogP contribution in [-0.4, -0.2) is 12.5 Å². The number of para-hydroxylation sites is 1. The van der Waals surface area contributed by atoms with Crippen molar-refractivity contribution >= 4 is 17.3 Å². The molecular formula is C18H20N2O. The van der Waals surface area contributed by atoms with E-state index in [-0.39, 0.29) is 5.91 Å². The number of amides is 1. The minimum atomic E-state index is 0.0720. The second-order valence-corrected chi connectivity index (χ2v) is 5.72. The molecule has 1 heterocycles. The van der Waals surface area contributed by atoms with Crippen LogP contribution in [0, 0.1) is 13.8 Å². The molecule has 3 rings (SSSR count). The topological polar surface area (TPSA) is 46.3 Å². The van der Waals surface area contributed by atoms with Crippen molar-refractivity contribution in [2.75, 3.05) is 17.2 Å². The molecule has 0 fully saturated rings. The van der Waals surface area contributed by atoms with Gasteiger partial charge >= 0.3 is 0 Å². The first-order chi connectivity index (χ1) is 10.1. The van der Waals surface area contributed by atoms with Crippen LogP contribution in [0.5, 0.6) is 0 Å². The number of carbonyl (C=O) groups is 1. The van der Waals surface area contributed by atoms with Crippen molar-refractivity contribution in [2.45, 2.75) is 26.7 Å². The zero-order valence-electron chi connectivity index (χ0n) is 12.5. The predicted octanol–water partition coefficient (Wildman–Crippen LogP) is 3.48. The summed E-state index contributed by atoms with van der Waals surface area (Å²) in [6.45, 7) is 4.78. The molecule has 1 amide bonds. The van der Waals surface area contributed by atoms with Gasteiger partial charge in [0, 0.05) is 17.8 Å². The Hall–Kier alpha value is -2.29. The number of aryl methyl sites for hydroxylation is 3. The van der Waals surface area contributed by atoms with Crippen LogP contribution in [0.3, 0.4) is 0 Å². The predicted molar refractivity (Wildman–Crippen MR) is 86.8 cm³/mol. The zero-order chi connectivity index (χ0) is 15.0. The molecule has 108 valence electrons. The van der Waals surface area contributed by atoms with Crippen molar-refractivity contribution in [1.82, 2.24) is 0 Å². The number of carbonyl (C=O) groups excluding carboxylic acids is 1. The van der Waals surface area contributed by atoms with E-state index in [1.807, 2.05) is 24.0 Å². The Morgan fingerprint density at radius 3 is 2.71 bits per heavy atom. The molecule has 3 nitrogen and oxygen atoms in total. The molecule has 0 aromatic heterocycles. The second kappa shape index (κ2) is 5.24. The molecule has 2 aromatic carbocycles. The SMILES string of the molecule is Cc1cc(N)ccc1C(=O)N1CCCc2cccc(C)c21. The molecule has 1 aliphatic heterocycles. The Bertz CT molecular complexity index is 706. The maximum atomic E-state index is 12.9. The number of nitrogen functional groups attached to an aromatic ring is 1. The van der Waals surface area contributed by atoms with Crippen LogP contribution in [0.2, 0.25) is 0 Å². The third-order valence-corrected chi connectivity index (χ3v) is 4.15. The van der Waals surface area contributed by atoms with Gasteiger partial charge in [0.05, 0.1) is 5.69 Å². The third-order valence-electron chi connectivity index (χ3n) is 4.15. The minimum Gasteiger partial charge on any atom is -0.399 e. The first-order valence-electron chi connectivity index (χ1n) is 7.34. The molecule has 0 saturated carbocycles. The molecule has 0 spiro atoms. The summed E-state index contributed by atoms with van der Waals surface area (Å²) in [5.74, 6) is 0.0720. The highest BCUT2D eigenvalue weighted by Gasteiger charge is 2.25. The summed E-state index contributed by atoms with van der Waals surface area (Å²) in [7, 11) is 0. The molecule has 1 aliphatic rings. The number of nitrogens with zero attached hydrogens (tertiary/aromatic N) is 1. The van der Waals surface area contributed by atoms with Gasteiger partial charge in [-0.05, 0) is 61.6 Å². The fourth-order valence-electron chi connectivity index (χ4n) is 3.12. The van der Waals surface area contributed by atoms with E-state index in [2.05, 4.69) is 25.1 Å². The summed E-state index contributed by atoms with van der Waals surface area (Å²) in [4.78, 5) is 14.9. The van der Waals surface area contributed by atoms with Gasteiger partial charge in [-0.25, -0.2) is 0 Å². The lowest BCUT2D eigenvalue weighted by Crippen LogP contribution is -2.36. The van der Waals surface area contributed by atoms with Crippen molar-refractivity contribution in [3.05, 3.63) is 58.7 Å². The van der Waals surface area contributed by atoms with Gasteiger partial charge in [0.15, 0.2) is 0 Å². The van der Waals surface area contributed by atoms with Gasteiger partial charge in [0.25, 0.3) is 5.91 Å². The van der Waals surface area contributed by atoms with Gasteiger partial charge in [0.1, 0.15) is 0 Å². The van der Waals surface area contributed by atoms with Crippen molar-refractivity contribution in [2.24, 2.45) is 0 Å². The largest absolute Gasteiger partial charge is 0.399 e. The van der Waals surface area contributed by atoms with E-state index in [4.69, 9.17) is 5.73 Å². The van der Waals surface area contributed by atoms with Gasteiger partial charge in [-0.3, -0.25) is 4.79 Å². The van der Waals surface area contributed by atoms with Crippen molar-refractivity contribution < 1.29 is 4.79 Å². The number of benzene rings is 2. The Kier molecular flexibility index (Phi) is 3.42. The number of rotatable bonds is 1. The maximum Gasteiger partial charge on any atom is 0.258 e. The number of anilines is 2. The van der Waals surface area contributed by atoms with Crippen molar-refractivity contribution in [3.63, 3.8) is 0 Å². The molecule has 21 heavy (non-hydrogen) atoms. The lowest BCUT2D eigenvalue weighted by Gasteiger charge is -2.31. The summed E-state index contributed by atoms with van der Waals surface area (Å²) < 4.78 is 0. The van der Waals surface area contributed by atoms with Crippen LogP contribution in [0.4, 0.5) is 11.4 Å². The van der Waals surface area contributed by atoms with Gasteiger partial charge in [-0.2, -0.15) is 0 Å². The van der Waals surface area contributed by atoms with Gasteiger partial charge in [-0.1, -0.05) is 18.2 Å². The average molecular weight is 280 g/mol. The van der Waals surface area contributed by atoms with E-state index < -0.39 is 0 Å². The fraction of sp³-hybridized carbons (Fsp3) is 0.278. The van der Waals surface area contributed by atoms with Crippen molar-refractivity contribution in [3.8, 4) is 0 Å². The first-order valence-corrected chi connectivity index (χ1v) is 7.34. The van der Waals surface area contributed by atoms with E-state index in [0.717, 1.165) is 41.8 Å². The van der Waals surface area contributed by atoms with E-state index in [1.54, 1.807) is 6.07 Å². The van der Waals surface area contributed by atoms with E-state index in [9.17, 15) is 4.79 Å². The van der Waals surface area contributed by atoms with Crippen molar-refractivity contribution in [1.29, 1.82) is 0 Å². The fourth-order valence-corrected chi connectivity index (χ4v) is 3.12. The molecule has 0 bridgehead atoms. The summed E-state index contributed by atoms with van der Waals surface area (Å²) >= 11 is 0. The summed E-state index contributed by atoms with van der Waals surface area (Å²) in [6.07, 6.45) is 2.05. The lowest BCUT2D eigenvalue weighted by atomic mass is 9.97. The van der Waals surface area contributed by atoms with E-state index >= 15 is 0 Å². The molecule has 0 aliphatic carbocycles. The third kappa shape index (κ3) is 2.40. The Morgan fingerprint density at radius 1 is 1.14 bits per heavy atom. The van der Waals surface area contributed by atoms with Crippen LogP contribution in [0.1, 0.15) is 33.5 Å². The Balaban J connectivity index is 2.04. The van der Waals surface area contributed by atoms with Crippen LogP contribution >= 0.6 is 0 Å². The number of nitrogens with two attached hydrogens (primary N) is 1. The van der Waals surface area contributed by atoms with Gasteiger partial charge in [0.2, 0.25) is 0 Å². The highest BCUT2D eigenvalue weighted by molar-refractivity contribution is 6.08. The number of hydrogen-bond acceptors (Lipinski definition) is 2. The lowest BCUT2D eigenvalue weighted by molar-refractivity contribution is 0.0984. The molecule has 0 atom stereocenters. The quantitative estimate of drug-likeness (QED) is 0.813. The zero-order valence-corrected chi connectivity index (χ0v) is 12.5. The van der Waals surface area contributed by atoms with E-state index in [0.29, 0.717) is 5.69 Å². The molecular weight excluding hydrogens is 260 g/mol. The van der Waals surface area contributed by atoms with Gasteiger partial charge < -0.3 is 10.6 Å². The monoisotopic (exact) mass is 280 g/mol. The highest BCUT2D eigenvalue weighted by Crippen LogP contribution is 2.32. The van der Waals surface area contributed by atoms with Crippen LogP contribution < -0.4 is 10.6 Å². The van der Waals surface area contributed by atoms with Gasteiger partial charge in [-0.15, -0.1) is 0 Å². The maximum absolute atomic E-state index is 12.9. The molecule has 0 radical (unpaired) electrons. The molecule has 0 unspecified atom stereocenters. The average Bonchev–Trinajstić information content (AvgIpc) is 2.46. The minimum absolute atomic E-state index is 0.0720. The standard InChI is InChI=1S/C18H20N2O/c1-12-5-3-6-14-7-4-10-20(17(12)14)18(21)16-9-8-15(19)11-13(16)2/h3,5-6,8-9,11H,4,7,10,19H2,1-2H3. The normalized spacial score (nSPS) is 13.9. The summed E-state index contributed by atoms with van der Waals surface area (Å²) in [6, 6.07) is 11.7. The van der Waals surface area contributed by atoms with Crippen LogP contribution in [0.15, 0.2) is 36.4 Å². The second-order valence-electron chi connectivity index (χ2n) is 5.72. The first kappa shape index (κ1) is 13.7. The highest BCUT2D eigenvalue weighted by atomic mass is 16.2.